The second-order valence-corrected chi connectivity index (χ2v) is 3.19. The molecule has 0 aliphatic heterocycles. The van der Waals surface area contributed by atoms with Gasteiger partial charge >= 0.3 is 0 Å². The number of nitrogens with one attached hydrogen (secondary N) is 1. The van der Waals surface area contributed by atoms with Gasteiger partial charge in [-0.05, 0) is 18.9 Å². The maximum atomic E-state index is 8.67. The molecule has 0 radical (unpaired) electrons. The highest BCUT2D eigenvalue weighted by Gasteiger charge is 1.98. The molecule has 0 spiro atoms. The number of aliphatic hydroxyl groups is 1. The largest absolute Gasteiger partial charge is 0.396 e. The monoisotopic (exact) mass is 145 g/mol. The first-order chi connectivity index (χ1) is 4.66. The van der Waals surface area contributed by atoms with Crippen LogP contribution in [0.1, 0.15) is 27.2 Å². The quantitative estimate of drug-likeness (QED) is 0.605. The average Bonchev–Trinajstić information content (AvgIpc) is 1.87. The summed E-state index contributed by atoms with van der Waals surface area (Å²) in [5.74, 6) is 0.436. The van der Waals surface area contributed by atoms with Crippen LogP contribution in [0, 0.1) is 5.92 Å². The van der Waals surface area contributed by atoms with E-state index >= 15 is 0 Å². The smallest absolute Gasteiger partial charge is 0.0457 e. The van der Waals surface area contributed by atoms with E-state index in [2.05, 4.69) is 26.1 Å². The Morgan fingerprint density at radius 3 is 2.30 bits per heavy atom. The molecule has 10 heavy (non-hydrogen) atoms. The first-order valence-electron chi connectivity index (χ1n) is 4.01. The molecule has 0 amide bonds. The molecule has 0 saturated heterocycles. The molecule has 0 bridgehead atoms. The van der Waals surface area contributed by atoms with Crippen LogP contribution in [0.3, 0.4) is 0 Å². The normalized spacial score (nSPS) is 14.1. The molecule has 1 atom stereocenters. The minimum Gasteiger partial charge on any atom is -0.396 e. The molecule has 0 aliphatic rings. The highest BCUT2D eigenvalue weighted by Crippen LogP contribution is 1.97. The van der Waals surface area contributed by atoms with Gasteiger partial charge in [-0.15, -0.1) is 0 Å². The van der Waals surface area contributed by atoms with Gasteiger partial charge in [-0.2, -0.15) is 0 Å². The van der Waals surface area contributed by atoms with Crippen LogP contribution in [0.15, 0.2) is 0 Å². The Labute approximate surface area is 63.6 Å². The second kappa shape index (κ2) is 5.69. The Morgan fingerprint density at radius 1 is 1.30 bits per heavy atom. The average molecular weight is 145 g/mol. The lowest BCUT2D eigenvalue weighted by Gasteiger charge is -2.10. The van der Waals surface area contributed by atoms with E-state index in [0.29, 0.717) is 18.6 Å². The summed E-state index contributed by atoms with van der Waals surface area (Å²) in [6.07, 6.45) is 1.06. The summed E-state index contributed by atoms with van der Waals surface area (Å²) in [5, 5.41) is 12.0. The van der Waals surface area contributed by atoms with Gasteiger partial charge in [-0.25, -0.2) is 0 Å². The Bertz CT molecular complexity index is 73.7. The summed E-state index contributed by atoms with van der Waals surface area (Å²) in [4.78, 5) is 0. The highest BCUT2D eigenvalue weighted by atomic mass is 16.3. The molecule has 0 rings (SSSR count). The molecule has 0 aromatic carbocycles. The molecule has 0 aromatic rings. The van der Waals surface area contributed by atoms with E-state index in [0.717, 1.165) is 13.0 Å². The Morgan fingerprint density at radius 2 is 1.90 bits per heavy atom. The molecule has 0 aliphatic carbocycles. The van der Waals surface area contributed by atoms with E-state index in [1.807, 2.05) is 0 Å². The van der Waals surface area contributed by atoms with E-state index < -0.39 is 0 Å². The van der Waals surface area contributed by atoms with Gasteiger partial charge in [0, 0.05) is 12.6 Å². The summed E-state index contributed by atoms with van der Waals surface area (Å²) in [7, 11) is 0. The third-order valence-corrected chi connectivity index (χ3v) is 1.50. The molecule has 0 saturated carbocycles. The van der Waals surface area contributed by atoms with Gasteiger partial charge in [-0.1, -0.05) is 20.8 Å². The van der Waals surface area contributed by atoms with Crippen molar-refractivity contribution in [3.05, 3.63) is 0 Å². The van der Waals surface area contributed by atoms with Crippen LogP contribution in [0.5, 0.6) is 0 Å². The van der Waals surface area contributed by atoms with Crippen molar-refractivity contribution in [3.8, 4) is 0 Å². The fourth-order valence-electron chi connectivity index (χ4n) is 0.710. The summed E-state index contributed by atoms with van der Waals surface area (Å²) >= 11 is 0. The van der Waals surface area contributed by atoms with Gasteiger partial charge in [0.1, 0.15) is 0 Å². The number of hydrogen-bond donors (Lipinski definition) is 2. The Balaban J connectivity index is 3.03. The van der Waals surface area contributed by atoms with Gasteiger partial charge in [0.2, 0.25) is 0 Å². The van der Waals surface area contributed by atoms with Gasteiger partial charge in [0.25, 0.3) is 0 Å². The SMILES string of the molecule is CC(CO)CCNC(C)C. The van der Waals surface area contributed by atoms with Gasteiger partial charge in [0.15, 0.2) is 0 Å². The predicted molar refractivity (Wildman–Crippen MR) is 44.0 cm³/mol. The molecule has 2 nitrogen and oxygen atoms in total. The number of hydrogen-bond acceptors (Lipinski definition) is 2. The predicted octanol–water partition coefficient (Wildman–Crippen LogP) is 1.00. The summed E-state index contributed by atoms with van der Waals surface area (Å²) < 4.78 is 0. The zero-order valence-corrected chi connectivity index (χ0v) is 7.22. The van der Waals surface area contributed by atoms with Crippen LogP contribution in [0.4, 0.5) is 0 Å². The van der Waals surface area contributed by atoms with Crippen molar-refractivity contribution in [1.82, 2.24) is 5.32 Å². The fourth-order valence-corrected chi connectivity index (χ4v) is 0.710. The van der Waals surface area contributed by atoms with Crippen LogP contribution in [0.25, 0.3) is 0 Å². The van der Waals surface area contributed by atoms with Crippen molar-refractivity contribution in [2.24, 2.45) is 5.92 Å². The van der Waals surface area contributed by atoms with Gasteiger partial charge in [0.05, 0.1) is 0 Å². The lowest BCUT2D eigenvalue weighted by molar-refractivity contribution is 0.228. The van der Waals surface area contributed by atoms with Crippen LogP contribution in [-0.4, -0.2) is 24.3 Å². The summed E-state index contributed by atoms with van der Waals surface area (Å²) in [6.45, 7) is 7.63. The molecule has 0 heterocycles. The molecule has 2 heteroatoms. The van der Waals surface area contributed by atoms with Gasteiger partial charge < -0.3 is 10.4 Å². The summed E-state index contributed by atoms with van der Waals surface area (Å²) in [5.41, 5.74) is 0. The third kappa shape index (κ3) is 6.05. The third-order valence-electron chi connectivity index (χ3n) is 1.50. The van der Waals surface area contributed by atoms with E-state index in [-0.39, 0.29) is 0 Å². The maximum Gasteiger partial charge on any atom is 0.0457 e. The second-order valence-electron chi connectivity index (χ2n) is 3.19. The van der Waals surface area contributed by atoms with Crippen LogP contribution in [0.2, 0.25) is 0 Å². The molecular formula is C8H19NO. The van der Waals surface area contributed by atoms with Crippen molar-refractivity contribution >= 4 is 0 Å². The number of rotatable bonds is 5. The molecule has 2 N–H and O–H groups in total. The standard InChI is InChI=1S/C8H19NO/c1-7(2)9-5-4-8(3)6-10/h7-10H,4-6H2,1-3H3. The van der Waals surface area contributed by atoms with E-state index in [1.54, 1.807) is 0 Å². The van der Waals surface area contributed by atoms with Crippen molar-refractivity contribution < 1.29 is 5.11 Å². The van der Waals surface area contributed by atoms with Crippen LogP contribution < -0.4 is 5.32 Å². The fraction of sp³-hybridized carbons (Fsp3) is 1.00. The first-order valence-corrected chi connectivity index (χ1v) is 4.01. The highest BCUT2D eigenvalue weighted by molar-refractivity contribution is 4.56. The van der Waals surface area contributed by atoms with Gasteiger partial charge in [-0.3, -0.25) is 0 Å². The van der Waals surface area contributed by atoms with Crippen molar-refractivity contribution in [1.29, 1.82) is 0 Å². The van der Waals surface area contributed by atoms with Crippen LogP contribution >= 0.6 is 0 Å². The summed E-state index contributed by atoms with van der Waals surface area (Å²) in [6, 6.07) is 0.561. The zero-order chi connectivity index (χ0) is 7.98. The maximum absolute atomic E-state index is 8.67. The van der Waals surface area contributed by atoms with E-state index in [9.17, 15) is 0 Å². The minimum absolute atomic E-state index is 0.305. The minimum atomic E-state index is 0.305. The first kappa shape index (κ1) is 9.92. The van der Waals surface area contributed by atoms with Crippen molar-refractivity contribution in [3.63, 3.8) is 0 Å². The van der Waals surface area contributed by atoms with E-state index in [4.69, 9.17) is 5.11 Å². The van der Waals surface area contributed by atoms with Crippen molar-refractivity contribution in [2.45, 2.75) is 33.2 Å². The number of aliphatic hydroxyl groups excluding tert-OH is 1. The Kier molecular flexibility index (Phi) is 5.64. The van der Waals surface area contributed by atoms with Crippen molar-refractivity contribution in [2.75, 3.05) is 13.2 Å². The Hall–Kier alpha value is -0.0800. The molecular weight excluding hydrogens is 126 g/mol. The molecule has 62 valence electrons. The lowest BCUT2D eigenvalue weighted by Crippen LogP contribution is -2.25. The molecule has 0 fully saturated rings. The topological polar surface area (TPSA) is 32.3 Å². The van der Waals surface area contributed by atoms with Crippen LogP contribution in [-0.2, 0) is 0 Å². The molecule has 0 aromatic heterocycles. The lowest BCUT2D eigenvalue weighted by atomic mass is 10.1. The van der Waals surface area contributed by atoms with E-state index in [1.165, 1.54) is 0 Å². The molecule has 1 unspecified atom stereocenters. The zero-order valence-electron chi connectivity index (χ0n) is 7.22.